The third-order valence-electron chi connectivity index (χ3n) is 3.74. The summed E-state index contributed by atoms with van der Waals surface area (Å²) in [5.41, 5.74) is 5.73. The highest BCUT2D eigenvalue weighted by Gasteiger charge is 2.28. The third kappa shape index (κ3) is 3.78. The highest BCUT2D eigenvalue weighted by Crippen LogP contribution is 2.31. The molecule has 1 rings (SSSR count). The summed E-state index contributed by atoms with van der Waals surface area (Å²) in [5.74, 6) is 1.18. The largest absolute Gasteiger partial charge is 0.461 e. The van der Waals surface area contributed by atoms with E-state index in [4.69, 9.17) is 10.5 Å². The molecule has 0 aliphatic heterocycles. The average molecular weight is 227 g/mol. The Labute approximate surface area is 98.7 Å². The molecule has 1 saturated carbocycles. The molecule has 3 heteroatoms. The molecule has 0 spiro atoms. The minimum Gasteiger partial charge on any atom is -0.461 e. The second-order valence-electron chi connectivity index (χ2n) is 5.22. The average Bonchev–Trinajstić information content (AvgIpc) is 2.24. The highest BCUT2D eigenvalue weighted by molar-refractivity contribution is 5.75. The van der Waals surface area contributed by atoms with Gasteiger partial charge in [0.15, 0.2) is 0 Å². The summed E-state index contributed by atoms with van der Waals surface area (Å²) in [4.78, 5) is 11.6. The van der Waals surface area contributed by atoms with Crippen molar-refractivity contribution >= 4 is 5.97 Å². The van der Waals surface area contributed by atoms with E-state index >= 15 is 0 Å². The number of nitrogens with two attached hydrogens (primary N) is 1. The summed E-state index contributed by atoms with van der Waals surface area (Å²) in [5, 5.41) is 0. The lowest BCUT2D eigenvalue weighted by Crippen LogP contribution is -2.37. The monoisotopic (exact) mass is 227 g/mol. The molecule has 0 amide bonds. The van der Waals surface area contributed by atoms with E-state index in [0.29, 0.717) is 5.92 Å². The molecule has 0 radical (unpaired) electrons. The van der Waals surface area contributed by atoms with E-state index in [1.807, 2.05) is 6.92 Å². The molecular weight excluding hydrogens is 202 g/mol. The van der Waals surface area contributed by atoms with Crippen LogP contribution in [0.15, 0.2) is 0 Å². The zero-order valence-electron chi connectivity index (χ0n) is 10.7. The van der Waals surface area contributed by atoms with Gasteiger partial charge in [-0.15, -0.1) is 0 Å². The Balaban J connectivity index is 2.34. The van der Waals surface area contributed by atoms with Gasteiger partial charge < -0.3 is 10.5 Å². The summed E-state index contributed by atoms with van der Waals surface area (Å²) < 4.78 is 5.46. The van der Waals surface area contributed by atoms with Crippen LogP contribution in [0, 0.1) is 11.8 Å². The fourth-order valence-electron chi connectivity index (χ4n) is 2.29. The highest BCUT2D eigenvalue weighted by atomic mass is 16.5. The molecule has 0 aromatic carbocycles. The summed E-state index contributed by atoms with van der Waals surface area (Å²) in [6.45, 7) is 6.53. The standard InChI is InChI=1S/C13H25NO2/c1-4-5-12(14)13(15)16-11-7-6-9(2)10(3)8-11/h9-12H,4-8,14H2,1-3H3/t9?,10?,11?,12-/m1/s1. The molecule has 0 aromatic heterocycles. The lowest BCUT2D eigenvalue weighted by molar-refractivity contribution is -0.153. The lowest BCUT2D eigenvalue weighted by Gasteiger charge is -2.32. The van der Waals surface area contributed by atoms with E-state index in [1.165, 1.54) is 0 Å². The van der Waals surface area contributed by atoms with E-state index < -0.39 is 6.04 Å². The first-order valence-electron chi connectivity index (χ1n) is 6.50. The summed E-state index contributed by atoms with van der Waals surface area (Å²) in [6.07, 6.45) is 4.89. The van der Waals surface area contributed by atoms with Gasteiger partial charge in [0.1, 0.15) is 12.1 Å². The Bertz CT molecular complexity index is 230. The number of rotatable bonds is 4. The number of ether oxygens (including phenoxy) is 1. The van der Waals surface area contributed by atoms with Crippen LogP contribution in [0.1, 0.15) is 52.9 Å². The Morgan fingerprint density at radius 1 is 1.38 bits per heavy atom. The van der Waals surface area contributed by atoms with Crippen molar-refractivity contribution in [3.05, 3.63) is 0 Å². The SMILES string of the molecule is CCC[C@@H](N)C(=O)OC1CCC(C)C(C)C1. The van der Waals surface area contributed by atoms with Gasteiger partial charge in [0.05, 0.1) is 0 Å². The van der Waals surface area contributed by atoms with E-state index in [2.05, 4.69) is 13.8 Å². The van der Waals surface area contributed by atoms with Crippen LogP contribution in [0.2, 0.25) is 0 Å². The third-order valence-corrected chi connectivity index (χ3v) is 3.74. The van der Waals surface area contributed by atoms with Crippen molar-refractivity contribution in [1.82, 2.24) is 0 Å². The molecular formula is C13H25NO2. The molecule has 0 heterocycles. The van der Waals surface area contributed by atoms with Crippen LogP contribution in [0.25, 0.3) is 0 Å². The fourth-order valence-corrected chi connectivity index (χ4v) is 2.29. The van der Waals surface area contributed by atoms with Gasteiger partial charge >= 0.3 is 5.97 Å². The van der Waals surface area contributed by atoms with E-state index in [-0.39, 0.29) is 12.1 Å². The summed E-state index contributed by atoms with van der Waals surface area (Å²) in [7, 11) is 0. The number of esters is 1. The number of hydrogen-bond donors (Lipinski definition) is 1. The fraction of sp³-hybridized carbons (Fsp3) is 0.923. The number of hydrogen-bond acceptors (Lipinski definition) is 3. The molecule has 1 fully saturated rings. The first-order chi connectivity index (χ1) is 7.54. The predicted molar refractivity (Wildman–Crippen MR) is 64.9 cm³/mol. The Hall–Kier alpha value is -0.570. The first kappa shape index (κ1) is 13.5. The Kier molecular flexibility index (Phi) is 5.26. The van der Waals surface area contributed by atoms with Crippen LogP contribution in [-0.4, -0.2) is 18.1 Å². The van der Waals surface area contributed by atoms with Crippen molar-refractivity contribution < 1.29 is 9.53 Å². The smallest absolute Gasteiger partial charge is 0.323 e. The zero-order chi connectivity index (χ0) is 12.1. The molecule has 3 nitrogen and oxygen atoms in total. The first-order valence-corrected chi connectivity index (χ1v) is 6.50. The van der Waals surface area contributed by atoms with Gasteiger partial charge in [-0.3, -0.25) is 4.79 Å². The van der Waals surface area contributed by atoms with Crippen molar-refractivity contribution in [3.63, 3.8) is 0 Å². The van der Waals surface area contributed by atoms with E-state index in [1.54, 1.807) is 0 Å². The summed E-state index contributed by atoms with van der Waals surface area (Å²) in [6, 6.07) is -0.431. The minimum atomic E-state index is -0.431. The van der Waals surface area contributed by atoms with Gasteiger partial charge in [-0.1, -0.05) is 27.2 Å². The van der Waals surface area contributed by atoms with Crippen molar-refractivity contribution in [3.8, 4) is 0 Å². The maximum absolute atomic E-state index is 11.6. The molecule has 94 valence electrons. The van der Waals surface area contributed by atoms with E-state index in [0.717, 1.165) is 38.0 Å². The topological polar surface area (TPSA) is 52.3 Å². The van der Waals surface area contributed by atoms with Crippen molar-refractivity contribution in [2.45, 2.75) is 65.0 Å². The van der Waals surface area contributed by atoms with E-state index in [9.17, 15) is 4.79 Å². The normalized spacial score (nSPS) is 32.1. The number of carbonyl (C=O) groups excluding carboxylic acids is 1. The Morgan fingerprint density at radius 3 is 2.62 bits per heavy atom. The van der Waals surface area contributed by atoms with Crippen LogP contribution in [0.4, 0.5) is 0 Å². The van der Waals surface area contributed by atoms with Crippen LogP contribution in [0.3, 0.4) is 0 Å². The van der Waals surface area contributed by atoms with Crippen molar-refractivity contribution in [2.24, 2.45) is 17.6 Å². The van der Waals surface area contributed by atoms with Gasteiger partial charge in [-0.05, 0) is 37.5 Å². The molecule has 0 aromatic rings. The molecule has 4 atom stereocenters. The zero-order valence-corrected chi connectivity index (χ0v) is 10.7. The molecule has 1 aliphatic rings. The molecule has 16 heavy (non-hydrogen) atoms. The molecule has 2 N–H and O–H groups in total. The van der Waals surface area contributed by atoms with Gasteiger partial charge in [0.25, 0.3) is 0 Å². The van der Waals surface area contributed by atoms with Crippen LogP contribution in [0.5, 0.6) is 0 Å². The second-order valence-corrected chi connectivity index (χ2v) is 5.22. The van der Waals surface area contributed by atoms with Crippen LogP contribution >= 0.6 is 0 Å². The van der Waals surface area contributed by atoms with Gasteiger partial charge in [0, 0.05) is 0 Å². The molecule has 1 aliphatic carbocycles. The van der Waals surface area contributed by atoms with Gasteiger partial charge in [-0.2, -0.15) is 0 Å². The summed E-state index contributed by atoms with van der Waals surface area (Å²) >= 11 is 0. The van der Waals surface area contributed by atoms with Gasteiger partial charge in [-0.25, -0.2) is 0 Å². The quantitative estimate of drug-likeness (QED) is 0.751. The van der Waals surface area contributed by atoms with Crippen LogP contribution < -0.4 is 5.73 Å². The maximum Gasteiger partial charge on any atom is 0.323 e. The van der Waals surface area contributed by atoms with Gasteiger partial charge in [0.2, 0.25) is 0 Å². The van der Waals surface area contributed by atoms with Crippen molar-refractivity contribution in [1.29, 1.82) is 0 Å². The molecule has 3 unspecified atom stereocenters. The predicted octanol–water partition coefficient (Wildman–Crippen LogP) is 2.48. The minimum absolute atomic E-state index is 0.0987. The van der Waals surface area contributed by atoms with Crippen LogP contribution in [-0.2, 0) is 9.53 Å². The number of carbonyl (C=O) groups is 1. The molecule has 0 bridgehead atoms. The Morgan fingerprint density at radius 2 is 2.06 bits per heavy atom. The van der Waals surface area contributed by atoms with Crippen molar-refractivity contribution in [2.75, 3.05) is 0 Å². The maximum atomic E-state index is 11.6. The molecule has 0 saturated heterocycles. The second kappa shape index (κ2) is 6.24. The lowest BCUT2D eigenvalue weighted by atomic mass is 9.80.